The monoisotopic (exact) mass is 166 g/mol. The SMILES string of the molecule is [B]C1=CC=C(c2ccccc2)CC1. The Morgan fingerprint density at radius 3 is 2.31 bits per heavy atom. The van der Waals surface area contributed by atoms with Gasteiger partial charge >= 0.3 is 0 Å². The van der Waals surface area contributed by atoms with E-state index in [4.69, 9.17) is 7.85 Å². The van der Waals surface area contributed by atoms with Gasteiger partial charge in [-0.05, 0) is 24.0 Å². The molecule has 2 radical (unpaired) electrons. The fourth-order valence-corrected chi connectivity index (χ4v) is 1.55. The summed E-state index contributed by atoms with van der Waals surface area (Å²) in [5, 5.41) is 0. The van der Waals surface area contributed by atoms with E-state index in [2.05, 4.69) is 30.3 Å². The molecule has 0 saturated heterocycles. The predicted octanol–water partition coefficient (Wildman–Crippen LogP) is 2.92. The molecule has 1 aromatic rings. The average Bonchev–Trinajstić information content (AvgIpc) is 2.20. The maximum absolute atomic E-state index is 5.69. The minimum atomic E-state index is 0.986. The average molecular weight is 166 g/mol. The van der Waals surface area contributed by atoms with Crippen molar-refractivity contribution in [1.29, 1.82) is 0 Å². The molecule has 1 aromatic carbocycles. The van der Waals surface area contributed by atoms with Gasteiger partial charge in [-0.2, -0.15) is 0 Å². The molecule has 0 heterocycles. The second-order valence-electron chi connectivity index (χ2n) is 3.30. The van der Waals surface area contributed by atoms with Crippen LogP contribution in [0.2, 0.25) is 0 Å². The quantitative estimate of drug-likeness (QED) is 0.562. The van der Waals surface area contributed by atoms with Crippen molar-refractivity contribution in [3.8, 4) is 0 Å². The van der Waals surface area contributed by atoms with Crippen LogP contribution in [0.4, 0.5) is 0 Å². The second-order valence-corrected chi connectivity index (χ2v) is 3.30. The van der Waals surface area contributed by atoms with Gasteiger partial charge in [0.25, 0.3) is 0 Å². The predicted molar refractivity (Wildman–Crippen MR) is 57.5 cm³/mol. The highest BCUT2D eigenvalue weighted by Gasteiger charge is 2.04. The minimum Gasteiger partial charge on any atom is -0.117 e. The number of allylic oxidation sites excluding steroid dienone is 4. The molecule has 1 heteroatoms. The third-order valence-electron chi connectivity index (χ3n) is 2.33. The molecule has 1 aliphatic carbocycles. The van der Waals surface area contributed by atoms with E-state index in [-0.39, 0.29) is 0 Å². The Kier molecular flexibility index (Phi) is 2.35. The van der Waals surface area contributed by atoms with E-state index in [0.717, 1.165) is 18.3 Å². The molecule has 0 N–H and O–H groups in total. The highest BCUT2D eigenvalue weighted by molar-refractivity contribution is 6.22. The van der Waals surface area contributed by atoms with Crippen LogP contribution >= 0.6 is 0 Å². The van der Waals surface area contributed by atoms with E-state index in [1.54, 1.807) is 0 Å². The lowest BCUT2D eigenvalue weighted by Gasteiger charge is -2.12. The van der Waals surface area contributed by atoms with Gasteiger partial charge in [0.2, 0.25) is 0 Å². The Balaban J connectivity index is 2.29. The van der Waals surface area contributed by atoms with E-state index in [0.29, 0.717) is 0 Å². The maximum atomic E-state index is 5.69. The standard InChI is InChI=1S/C12H11B/c13-12-8-6-11(7-9-12)10-4-2-1-3-5-10/h1-6,8H,7,9H2. The van der Waals surface area contributed by atoms with Gasteiger partial charge in [-0.15, -0.1) is 5.47 Å². The summed E-state index contributed by atoms with van der Waals surface area (Å²) >= 11 is 0. The lowest BCUT2D eigenvalue weighted by molar-refractivity contribution is 1.03. The molecule has 0 bridgehead atoms. The van der Waals surface area contributed by atoms with Crippen LogP contribution in [0.3, 0.4) is 0 Å². The number of hydrogen-bond acceptors (Lipinski definition) is 0. The van der Waals surface area contributed by atoms with Gasteiger partial charge in [0.15, 0.2) is 0 Å². The number of rotatable bonds is 1. The number of benzene rings is 1. The summed E-state index contributed by atoms with van der Waals surface area (Å²) in [6, 6.07) is 10.5. The van der Waals surface area contributed by atoms with Crippen molar-refractivity contribution in [2.75, 3.05) is 0 Å². The zero-order valence-corrected chi connectivity index (χ0v) is 7.53. The molecule has 62 valence electrons. The van der Waals surface area contributed by atoms with Crippen LogP contribution in [0.5, 0.6) is 0 Å². The minimum absolute atomic E-state index is 0.986. The maximum Gasteiger partial charge on any atom is 0.107 e. The van der Waals surface area contributed by atoms with Gasteiger partial charge in [-0.25, -0.2) is 0 Å². The third-order valence-corrected chi connectivity index (χ3v) is 2.33. The van der Waals surface area contributed by atoms with Gasteiger partial charge in [0, 0.05) is 0 Å². The first-order valence-corrected chi connectivity index (χ1v) is 4.57. The van der Waals surface area contributed by atoms with E-state index < -0.39 is 0 Å². The van der Waals surface area contributed by atoms with Crippen molar-refractivity contribution < 1.29 is 0 Å². The van der Waals surface area contributed by atoms with Crippen molar-refractivity contribution >= 4 is 13.4 Å². The van der Waals surface area contributed by atoms with Crippen molar-refractivity contribution in [3.05, 3.63) is 53.5 Å². The fourth-order valence-electron chi connectivity index (χ4n) is 1.55. The van der Waals surface area contributed by atoms with E-state index in [1.807, 2.05) is 12.1 Å². The molecule has 0 saturated carbocycles. The zero-order valence-electron chi connectivity index (χ0n) is 7.53. The Morgan fingerprint density at radius 2 is 1.69 bits per heavy atom. The summed E-state index contributed by atoms with van der Waals surface area (Å²) < 4.78 is 0. The summed E-state index contributed by atoms with van der Waals surface area (Å²) in [5.74, 6) is 0. The molecule has 0 amide bonds. The Labute approximate surface area is 80.4 Å². The lowest BCUT2D eigenvalue weighted by atomic mass is 9.84. The van der Waals surface area contributed by atoms with Crippen LogP contribution in [0.15, 0.2) is 48.0 Å². The molecule has 0 nitrogen and oxygen atoms in total. The van der Waals surface area contributed by atoms with E-state index in [9.17, 15) is 0 Å². The van der Waals surface area contributed by atoms with Crippen LogP contribution in [-0.4, -0.2) is 7.85 Å². The van der Waals surface area contributed by atoms with Gasteiger partial charge in [-0.3, -0.25) is 0 Å². The smallest absolute Gasteiger partial charge is 0.107 e. The van der Waals surface area contributed by atoms with Crippen molar-refractivity contribution in [3.63, 3.8) is 0 Å². The molecule has 0 aliphatic heterocycles. The summed E-state index contributed by atoms with van der Waals surface area (Å²) in [4.78, 5) is 0. The Morgan fingerprint density at radius 1 is 0.923 bits per heavy atom. The zero-order chi connectivity index (χ0) is 9.10. The van der Waals surface area contributed by atoms with Crippen molar-refractivity contribution in [1.82, 2.24) is 0 Å². The van der Waals surface area contributed by atoms with Crippen molar-refractivity contribution in [2.45, 2.75) is 12.8 Å². The highest BCUT2D eigenvalue weighted by Crippen LogP contribution is 2.24. The molecule has 0 atom stereocenters. The largest absolute Gasteiger partial charge is 0.117 e. The molecule has 0 unspecified atom stereocenters. The normalized spacial score (nSPS) is 16.3. The van der Waals surface area contributed by atoms with Crippen LogP contribution in [-0.2, 0) is 0 Å². The van der Waals surface area contributed by atoms with Crippen molar-refractivity contribution in [2.24, 2.45) is 0 Å². The fraction of sp³-hybridized carbons (Fsp3) is 0.167. The molecule has 2 rings (SSSR count). The third kappa shape index (κ3) is 1.92. The molecular weight excluding hydrogens is 155 g/mol. The number of hydrogen-bond donors (Lipinski definition) is 0. The molecular formula is C12H11B. The van der Waals surface area contributed by atoms with Crippen LogP contribution < -0.4 is 0 Å². The second kappa shape index (κ2) is 3.65. The summed E-state index contributed by atoms with van der Waals surface area (Å²) in [6.45, 7) is 0. The van der Waals surface area contributed by atoms with E-state index in [1.165, 1.54) is 11.1 Å². The summed E-state index contributed by atoms with van der Waals surface area (Å²) in [7, 11) is 5.69. The van der Waals surface area contributed by atoms with Crippen LogP contribution in [0, 0.1) is 0 Å². The molecule has 0 spiro atoms. The topological polar surface area (TPSA) is 0 Å². The Bertz CT molecular complexity index is 347. The first kappa shape index (κ1) is 8.37. The molecule has 13 heavy (non-hydrogen) atoms. The van der Waals surface area contributed by atoms with Gasteiger partial charge in [0.1, 0.15) is 7.85 Å². The Hall–Kier alpha value is -1.24. The van der Waals surface area contributed by atoms with Gasteiger partial charge in [-0.1, -0.05) is 42.5 Å². The van der Waals surface area contributed by atoms with Crippen LogP contribution in [0.25, 0.3) is 5.57 Å². The van der Waals surface area contributed by atoms with Crippen LogP contribution in [0.1, 0.15) is 18.4 Å². The lowest BCUT2D eigenvalue weighted by Crippen LogP contribution is -1.92. The highest BCUT2D eigenvalue weighted by atomic mass is 14.1. The van der Waals surface area contributed by atoms with Gasteiger partial charge in [0.05, 0.1) is 0 Å². The molecule has 0 fully saturated rings. The summed E-state index contributed by atoms with van der Waals surface area (Å²) in [6.07, 6.45) is 6.17. The first-order chi connectivity index (χ1) is 6.36. The summed E-state index contributed by atoms with van der Waals surface area (Å²) in [5.41, 5.74) is 3.68. The van der Waals surface area contributed by atoms with E-state index >= 15 is 0 Å². The van der Waals surface area contributed by atoms with Gasteiger partial charge < -0.3 is 0 Å². The molecule has 0 aromatic heterocycles. The molecule has 1 aliphatic rings. The first-order valence-electron chi connectivity index (χ1n) is 4.57.